The van der Waals surface area contributed by atoms with Crippen molar-refractivity contribution in [2.24, 2.45) is 10.7 Å². The summed E-state index contributed by atoms with van der Waals surface area (Å²) in [6, 6.07) is 10.1. The van der Waals surface area contributed by atoms with Gasteiger partial charge in [-0.2, -0.15) is 12.6 Å². The highest BCUT2D eigenvalue weighted by Gasteiger charge is 1.84. The van der Waals surface area contributed by atoms with Crippen LogP contribution in [0.5, 0.6) is 0 Å². The van der Waals surface area contributed by atoms with E-state index >= 15 is 0 Å². The molecule has 3 heteroatoms. The molecular weight excluding hydrogens is 192 g/mol. The normalized spacial score (nSPS) is 12.2. The summed E-state index contributed by atoms with van der Waals surface area (Å²) < 4.78 is 0. The monoisotopic (exact) mass is 206 g/mol. The second-order valence-electron chi connectivity index (χ2n) is 2.80. The van der Waals surface area contributed by atoms with Gasteiger partial charge in [0.25, 0.3) is 0 Å². The van der Waals surface area contributed by atoms with Crippen LogP contribution in [0.25, 0.3) is 6.08 Å². The van der Waals surface area contributed by atoms with E-state index in [9.17, 15) is 0 Å². The first kappa shape index (κ1) is 10.9. The second-order valence-corrected chi connectivity index (χ2v) is 3.12. The van der Waals surface area contributed by atoms with Crippen LogP contribution >= 0.6 is 12.6 Å². The third kappa shape index (κ3) is 4.14. The summed E-state index contributed by atoms with van der Waals surface area (Å²) in [7, 11) is 0. The summed E-state index contributed by atoms with van der Waals surface area (Å²) in [5.41, 5.74) is 6.67. The minimum atomic E-state index is 0.513. The summed E-state index contributed by atoms with van der Waals surface area (Å²) in [6.45, 7) is 0.612. The van der Waals surface area contributed by atoms with Crippen molar-refractivity contribution >= 4 is 24.5 Å². The van der Waals surface area contributed by atoms with Crippen LogP contribution in [0.2, 0.25) is 0 Å². The van der Waals surface area contributed by atoms with Gasteiger partial charge in [0, 0.05) is 5.75 Å². The van der Waals surface area contributed by atoms with Crippen molar-refractivity contribution in [2.45, 2.75) is 0 Å². The van der Waals surface area contributed by atoms with Crippen molar-refractivity contribution in [1.29, 1.82) is 0 Å². The quantitative estimate of drug-likeness (QED) is 0.441. The fourth-order valence-electron chi connectivity index (χ4n) is 0.973. The van der Waals surface area contributed by atoms with Gasteiger partial charge < -0.3 is 5.73 Å². The number of nitrogens with zero attached hydrogens (tertiary/aromatic N) is 1. The predicted octanol–water partition coefficient (Wildman–Crippen LogP) is 1.99. The van der Waals surface area contributed by atoms with E-state index in [1.165, 1.54) is 5.56 Å². The van der Waals surface area contributed by atoms with E-state index in [1.54, 1.807) is 0 Å². The minimum absolute atomic E-state index is 0.513. The molecule has 1 rings (SSSR count). The molecule has 0 spiro atoms. The lowest BCUT2D eigenvalue weighted by Gasteiger charge is -1.92. The zero-order valence-electron chi connectivity index (χ0n) is 7.93. The SMILES string of the molecule is NC(CS)=NCC=Cc1ccccc1. The standard InChI is InChI=1S/C11H14N2S/c12-11(9-14)13-8-4-7-10-5-2-1-3-6-10/h1-7,14H,8-9H2,(H2,12,13). The molecule has 0 saturated heterocycles. The van der Waals surface area contributed by atoms with Gasteiger partial charge in [-0.05, 0) is 5.56 Å². The van der Waals surface area contributed by atoms with Crippen molar-refractivity contribution in [1.82, 2.24) is 0 Å². The number of hydrogen-bond donors (Lipinski definition) is 2. The Morgan fingerprint density at radius 2 is 2.07 bits per heavy atom. The van der Waals surface area contributed by atoms with Crippen LogP contribution in [0.15, 0.2) is 41.4 Å². The Morgan fingerprint density at radius 1 is 1.36 bits per heavy atom. The van der Waals surface area contributed by atoms with Crippen LogP contribution in [-0.4, -0.2) is 18.1 Å². The highest BCUT2D eigenvalue weighted by atomic mass is 32.1. The zero-order chi connectivity index (χ0) is 10.2. The molecule has 0 aliphatic rings. The molecule has 1 aromatic carbocycles. The fraction of sp³-hybridized carbons (Fsp3) is 0.182. The Bertz CT molecular complexity index is 317. The van der Waals surface area contributed by atoms with Gasteiger partial charge in [0.1, 0.15) is 5.84 Å². The number of nitrogens with two attached hydrogens (primary N) is 1. The Morgan fingerprint density at radius 3 is 2.71 bits per heavy atom. The van der Waals surface area contributed by atoms with Crippen LogP contribution in [0.4, 0.5) is 0 Å². The summed E-state index contributed by atoms with van der Waals surface area (Å²) >= 11 is 4.01. The molecule has 14 heavy (non-hydrogen) atoms. The molecule has 0 radical (unpaired) electrons. The number of hydrogen-bond acceptors (Lipinski definition) is 2. The smallest absolute Gasteiger partial charge is 0.104 e. The third-order valence-electron chi connectivity index (χ3n) is 1.67. The molecule has 0 unspecified atom stereocenters. The molecule has 0 atom stereocenters. The predicted molar refractivity (Wildman–Crippen MR) is 65.8 cm³/mol. The van der Waals surface area contributed by atoms with Crippen LogP contribution in [0.1, 0.15) is 5.56 Å². The van der Waals surface area contributed by atoms with Crippen molar-refractivity contribution in [2.75, 3.05) is 12.3 Å². The van der Waals surface area contributed by atoms with Crippen LogP contribution in [-0.2, 0) is 0 Å². The average molecular weight is 206 g/mol. The highest BCUT2D eigenvalue weighted by molar-refractivity contribution is 7.81. The van der Waals surface area contributed by atoms with E-state index < -0.39 is 0 Å². The zero-order valence-corrected chi connectivity index (χ0v) is 8.82. The third-order valence-corrected chi connectivity index (χ3v) is 2.00. The lowest BCUT2D eigenvalue weighted by atomic mass is 10.2. The van der Waals surface area contributed by atoms with Gasteiger partial charge >= 0.3 is 0 Å². The van der Waals surface area contributed by atoms with Crippen LogP contribution in [0, 0.1) is 0 Å². The molecule has 2 nitrogen and oxygen atoms in total. The van der Waals surface area contributed by atoms with E-state index in [1.807, 2.05) is 42.5 Å². The Kier molecular flexibility index (Phi) is 4.86. The molecule has 0 aromatic heterocycles. The van der Waals surface area contributed by atoms with Crippen molar-refractivity contribution in [3.63, 3.8) is 0 Å². The molecule has 0 amide bonds. The molecule has 74 valence electrons. The Labute approximate surface area is 90.0 Å². The maximum absolute atomic E-state index is 5.49. The van der Waals surface area contributed by atoms with Gasteiger partial charge in [-0.1, -0.05) is 42.5 Å². The van der Waals surface area contributed by atoms with Gasteiger partial charge in [-0.25, -0.2) is 0 Å². The van der Waals surface area contributed by atoms with Crippen molar-refractivity contribution in [3.8, 4) is 0 Å². The maximum Gasteiger partial charge on any atom is 0.104 e. The molecule has 0 aliphatic carbocycles. The second kappa shape index (κ2) is 6.27. The topological polar surface area (TPSA) is 38.4 Å². The maximum atomic E-state index is 5.49. The van der Waals surface area contributed by atoms with Gasteiger partial charge in [-0.15, -0.1) is 0 Å². The number of amidine groups is 1. The van der Waals surface area contributed by atoms with E-state index in [4.69, 9.17) is 5.73 Å². The number of rotatable bonds is 4. The molecule has 0 aliphatic heterocycles. The van der Waals surface area contributed by atoms with Crippen molar-refractivity contribution in [3.05, 3.63) is 42.0 Å². The Hall–Kier alpha value is -1.22. The number of benzene rings is 1. The van der Waals surface area contributed by atoms with Crippen molar-refractivity contribution < 1.29 is 0 Å². The van der Waals surface area contributed by atoms with Gasteiger partial charge in [0.15, 0.2) is 0 Å². The molecular formula is C11H14N2S. The molecule has 0 bridgehead atoms. The lowest BCUT2D eigenvalue weighted by molar-refractivity contribution is 1.23. The number of aliphatic imine (C=N–C) groups is 1. The number of thiol groups is 1. The molecule has 1 aromatic rings. The highest BCUT2D eigenvalue weighted by Crippen LogP contribution is 2.00. The van der Waals surface area contributed by atoms with E-state index in [-0.39, 0.29) is 0 Å². The van der Waals surface area contributed by atoms with E-state index in [2.05, 4.69) is 17.6 Å². The van der Waals surface area contributed by atoms with Gasteiger partial charge in [-0.3, -0.25) is 4.99 Å². The lowest BCUT2D eigenvalue weighted by Crippen LogP contribution is -2.13. The molecule has 0 heterocycles. The summed E-state index contributed by atoms with van der Waals surface area (Å²) in [4.78, 5) is 4.09. The van der Waals surface area contributed by atoms with E-state index in [0.717, 1.165) is 0 Å². The van der Waals surface area contributed by atoms with Gasteiger partial charge in [0.2, 0.25) is 0 Å². The first-order valence-corrected chi connectivity index (χ1v) is 5.07. The first-order valence-electron chi connectivity index (χ1n) is 4.44. The van der Waals surface area contributed by atoms with Gasteiger partial charge in [0.05, 0.1) is 6.54 Å². The van der Waals surface area contributed by atoms with E-state index in [0.29, 0.717) is 18.1 Å². The average Bonchev–Trinajstić information content (AvgIpc) is 2.25. The fourth-order valence-corrected chi connectivity index (χ4v) is 1.07. The minimum Gasteiger partial charge on any atom is -0.387 e. The summed E-state index contributed by atoms with van der Waals surface area (Å²) in [5, 5.41) is 0. The summed E-state index contributed by atoms with van der Waals surface area (Å²) in [5.74, 6) is 1.09. The molecule has 0 fully saturated rings. The summed E-state index contributed by atoms with van der Waals surface area (Å²) in [6.07, 6.45) is 4.00. The largest absolute Gasteiger partial charge is 0.387 e. The van der Waals surface area contributed by atoms with Crippen LogP contribution in [0.3, 0.4) is 0 Å². The first-order chi connectivity index (χ1) is 6.83. The Balaban J connectivity index is 2.42. The molecule has 0 saturated carbocycles. The van der Waals surface area contributed by atoms with Crippen LogP contribution < -0.4 is 5.73 Å². The molecule has 2 N–H and O–H groups in total.